The topological polar surface area (TPSA) is 64.3 Å². The highest BCUT2D eigenvalue weighted by molar-refractivity contribution is 5.84. The van der Waals surface area contributed by atoms with Crippen molar-refractivity contribution in [2.45, 2.75) is 58.5 Å². The molecule has 21 heavy (non-hydrogen) atoms. The molecule has 0 fully saturated rings. The van der Waals surface area contributed by atoms with Gasteiger partial charge in [0, 0.05) is 6.04 Å². The second kappa shape index (κ2) is 8.03. The highest BCUT2D eigenvalue weighted by Crippen LogP contribution is 2.16. The van der Waals surface area contributed by atoms with Crippen molar-refractivity contribution in [3.63, 3.8) is 0 Å². The van der Waals surface area contributed by atoms with E-state index < -0.39 is 11.4 Å². The number of nitrogens with one attached hydrogen (secondary N) is 1. The maximum atomic E-state index is 11.6. The molecule has 118 valence electrons. The van der Waals surface area contributed by atoms with E-state index in [1.807, 2.05) is 26.0 Å². The van der Waals surface area contributed by atoms with Gasteiger partial charge in [0.25, 0.3) is 0 Å². The molecular weight excluding hydrogens is 264 g/mol. The van der Waals surface area contributed by atoms with E-state index in [-0.39, 0.29) is 12.6 Å². The average molecular weight is 292 g/mol. The Bertz CT molecular complexity index is 443. The van der Waals surface area contributed by atoms with Gasteiger partial charge in [-0.3, -0.25) is 10.1 Å². The minimum atomic E-state index is -0.866. The third-order valence-corrected chi connectivity index (χ3v) is 3.42. The molecule has 1 atom stereocenters. The number of primary amides is 1. The summed E-state index contributed by atoms with van der Waals surface area (Å²) in [5, 5.41) is 3.17. The average Bonchev–Trinajstić information content (AvgIpc) is 2.43. The summed E-state index contributed by atoms with van der Waals surface area (Å²) < 4.78 is 5.73. The Morgan fingerprint density at radius 2 is 1.95 bits per heavy atom. The van der Waals surface area contributed by atoms with Gasteiger partial charge in [-0.2, -0.15) is 0 Å². The number of carbonyl (C=O) groups excluding carboxylic acids is 1. The van der Waals surface area contributed by atoms with Crippen LogP contribution in [-0.4, -0.2) is 24.1 Å². The van der Waals surface area contributed by atoms with Crippen LogP contribution in [0.5, 0.6) is 5.75 Å². The molecule has 1 unspecified atom stereocenters. The number of rotatable bonds is 9. The Labute approximate surface area is 128 Å². The lowest BCUT2D eigenvalue weighted by molar-refractivity contribution is -0.125. The Balaban J connectivity index is 2.61. The van der Waals surface area contributed by atoms with Gasteiger partial charge < -0.3 is 10.5 Å². The third kappa shape index (κ3) is 5.76. The summed E-state index contributed by atoms with van der Waals surface area (Å²) in [7, 11) is 0. The van der Waals surface area contributed by atoms with Gasteiger partial charge in [0.1, 0.15) is 17.9 Å². The zero-order valence-corrected chi connectivity index (χ0v) is 13.6. The van der Waals surface area contributed by atoms with Crippen LogP contribution in [0.3, 0.4) is 0 Å². The van der Waals surface area contributed by atoms with Crippen molar-refractivity contribution < 1.29 is 9.53 Å². The number of aryl methyl sites for hydroxylation is 1. The molecule has 3 N–H and O–H groups in total. The van der Waals surface area contributed by atoms with Crippen molar-refractivity contribution >= 4 is 5.91 Å². The first kappa shape index (κ1) is 17.5. The van der Waals surface area contributed by atoms with E-state index in [1.54, 1.807) is 6.92 Å². The number of carbonyl (C=O) groups is 1. The molecule has 0 saturated heterocycles. The van der Waals surface area contributed by atoms with E-state index in [4.69, 9.17) is 10.5 Å². The quantitative estimate of drug-likeness (QED) is 0.735. The van der Waals surface area contributed by atoms with Crippen molar-refractivity contribution in [1.82, 2.24) is 5.32 Å². The molecule has 0 spiro atoms. The van der Waals surface area contributed by atoms with Crippen LogP contribution >= 0.6 is 0 Å². The first-order valence-corrected chi connectivity index (χ1v) is 7.66. The van der Waals surface area contributed by atoms with Crippen molar-refractivity contribution in [3.8, 4) is 5.75 Å². The lowest BCUT2D eigenvalue weighted by Gasteiger charge is -2.29. The summed E-state index contributed by atoms with van der Waals surface area (Å²) >= 11 is 0. The molecule has 1 amide bonds. The Kier molecular flexibility index (Phi) is 6.69. The molecule has 1 aromatic carbocycles. The van der Waals surface area contributed by atoms with E-state index in [2.05, 4.69) is 24.4 Å². The van der Waals surface area contributed by atoms with Gasteiger partial charge in [-0.05, 0) is 51.3 Å². The predicted molar refractivity (Wildman–Crippen MR) is 86.4 cm³/mol. The van der Waals surface area contributed by atoms with Crippen LogP contribution in [0, 0.1) is 0 Å². The van der Waals surface area contributed by atoms with E-state index >= 15 is 0 Å². The zero-order chi connectivity index (χ0) is 15.9. The van der Waals surface area contributed by atoms with Crippen molar-refractivity contribution in [1.29, 1.82) is 0 Å². The van der Waals surface area contributed by atoms with Crippen LogP contribution in [0.1, 0.15) is 46.1 Å². The lowest BCUT2D eigenvalue weighted by atomic mass is 10.0. The Morgan fingerprint density at radius 1 is 1.33 bits per heavy atom. The van der Waals surface area contributed by atoms with Crippen molar-refractivity contribution in [3.05, 3.63) is 29.8 Å². The normalized spacial score (nSPS) is 14.0. The monoisotopic (exact) mass is 292 g/mol. The van der Waals surface area contributed by atoms with E-state index in [0.717, 1.165) is 12.2 Å². The van der Waals surface area contributed by atoms with Crippen LogP contribution < -0.4 is 15.8 Å². The molecule has 1 aromatic rings. The van der Waals surface area contributed by atoms with Gasteiger partial charge in [0.15, 0.2) is 0 Å². The lowest BCUT2D eigenvalue weighted by Crippen LogP contribution is -2.59. The molecule has 0 aromatic heterocycles. The summed E-state index contributed by atoms with van der Waals surface area (Å²) in [5.74, 6) is 0.351. The molecule has 0 bridgehead atoms. The van der Waals surface area contributed by atoms with Crippen molar-refractivity contribution in [2.24, 2.45) is 5.73 Å². The molecule has 0 radical (unpaired) electrons. The summed E-state index contributed by atoms with van der Waals surface area (Å²) in [5.41, 5.74) is 5.92. The fourth-order valence-electron chi connectivity index (χ4n) is 2.18. The van der Waals surface area contributed by atoms with Crippen LogP contribution in [0.25, 0.3) is 0 Å². The first-order chi connectivity index (χ1) is 9.87. The number of unbranched alkanes of at least 4 members (excludes halogenated alkanes) is 1. The highest BCUT2D eigenvalue weighted by Gasteiger charge is 2.32. The summed E-state index contributed by atoms with van der Waals surface area (Å²) in [6.45, 7) is 8.12. The summed E-state index contributed by atoms with van der Waals surface area (Å²) in [4.78, 5) is 11.6. The third-order valence-electron chi connectivity index (χ3n) is 3.42. The molecule has 0 aliphatic carbocycles. The molecule has 4 nitrogen and oxygen atoms in total. The highest BCUT2D eigenvalue weighted by atomic mass is 16.5. The number of ether oxygens (including phenoxy) is 1. The van der Waals surface area contributed by atoms with Crippen LogP contribution in [0.15, 0.2) is 24.3 Å². The fourth-order valence-corrected chi connectivity index (χ4v) is 2.18. The fraction of sp³-hybridized carbons (Fsp3) is 0.588. The molecular formula is C17H28N2O2. The van der Waals surface area contributed by atoms with Crippen LogP contribution in [0.4, 0.5) is 0 Å². The van der Waals surface area contributed by atoms with Gasteiger partial charge in [-0.15, -0.1) is 0 Å². The zero-order valence-electron chi connectivity index (χ0n) is 13.6. The van der Waals surface area contributed by atoms with Crippen LogP contribution in [-0.2, 0) is 11.2 Å². The molecule has 0 saturated carbocycles. The van der Waals surface area contributed by atoms with Gasteiger partial charge in [-0.1, -0.05) is 25.5 Å². The van der Waals surface area contributed by atoms with E-state index in [0.29, 0.717) is 0 Å². The molecule has 0 heterocycles. The SMILES string of the molecule is CCCCc1ccc(OCC(C)(NC(C)C)C(N)=O)cc1. The largest absolute Gasteiger partial charge is 0.491 e. The van der Waals surface area contributed by atoms with Gasteiger partial charge in [0.2, 0.25) is 5.91 Å². The predicted octanol–water partition coefficient (Wildman–Crippen LogP) is 2.65. The standard InChI is InChI=1S/C17H28N2O2/c1-5-6-7-14-8-10-15(11-9-14)21-12-17(4,16(18)20)19-13(2)3/h8-11,13,19H,5-7,12H2,1-4H3,(H2,18,20). The number of benzene rings is 1. The maximum Gasteiger partial charge on any atom is 0.240 e. The summed E-state index contributed by atoms with van der Waals surface area (Å²) in [6.07, 6.45) is 3.47. The van der Waals surface area contributed by atoms with Gasteiger partial charge >= 0.3 is 0 Å². The summed E-state index contributed by atoms with van der Waals surface area (Å²) in [6, 6.07) is 8.19. The number of amides is 1. The maximum absolute atomic E-state index is 11.6. The number of hydrogen-bond acceptors (Lipinski definition) is 3. The first-order valence-electron chi connectivity index (χ1n) is 7.66. The van der Waals surface area contributed by atoms with E-state index in [1.165, 1.54) is 18.4 Å². The van der Waals surface area contributed by atoms with E-state index in [9.17, 15) is 4.79 Å². The van der Waals surface area contributed by atoms with Crippen molar-refractivity contribution in [2.75, 3.05) is 6.61 Å². The molecule has 4 heteroatoms. The molecule has 0 aliphatic rings. The number of nitrogens with two attached hydrogens (primary N) is 1. The minimum absolute atomic E-state index is 0.155. The Morgan fingerprint density at radius 3 is 2.43 bits per heavy atom. The molecule has 0 aliphatic heterocycles. The minimum Gasteiger partial charge on any atom is -0.491 e. The second-order valence-corrected chi connectivity index (χ2v) is 6.03. The van der Waals surface area contributed by atoms with Crippen LogP contribution in [0.2, 0.25) is 0 Å². The molecule has 1 rings (SSSR count). The smallest absolute Gasteiger partial charge is 0.240 e. The van der Waals surface area contributed by atoms with Gasteiger partial charge in [0.05, 0.1) is 0 Å². The second-order valence-electron chi connectivity index (χ2n) is 6.03. The number of hydrogen-bond donors (Lipinski definition) is 2. The Hall–Kier alpha value is -1.55. The van der Waals surface area contributed by atoms with Gasteiger partial charge in [-0.25, -0.2) is 0 Å².